The van der Waals surface area contributed by atoms with Gasteiger partial charge in [0.25, 0.3) is 0 Å². The van der Waals surface area contributed by atoms with E-state index in [1.165, 1.54) is 6.07 Å². The maximum atomic E-state index is 13.4. The van der Waals surface area contributed by atoms with Crippen molar-refractivity contribution >= 4 is 0 Å². The third-order valence-electron chi connectivity index (χ3n) is 2.04. The van der Waals surface area contributed by atoms with Crippen LogP contribution >= 0.6 is 0 Å². The van der Waals surface area contributed by atoms with Crippen LogP contribution in [-0.4, -0.2) is 20.3 Å². The second kappa shape index (κ2) is 6.50. The van der Waals surface area contributed by atoms with Crippen molar-refractivity contribution < 1.29 is 13.9 Å². The predicted octanol–water partition coefficient (Wildman–Crippen LogP) is 1.45. The van der Waals surface area contributed by atoms with E-state index in [-0.39, 0.29) is 12.4 Å². The van der Waals surface area contributed by atoms with Crippen LogP contribution in [0.1, 0.15) is 11.1 Å². The van der Waals surface area contributed by atoms with E-state index in [2.05, 4.69) is 0 Å². The maximum absolute atomic E-state index is 13.4. The van der Waals surface area contributed by atoms with Gasteiger partial charge in [0.2, 0.25) is 0 Å². The van der Waals surface area contributed by atoms with Crippen LogP contribution in [0.25, 0.3) is 0 Å². The highest BCUT2D eigenvalue weighted by Crippen LogP contribution is 2.11. The molecular weight excluding hydrogens is 197 g/mol. The first-order valence-electron chi connectivity index (χ1n) is 4.82. The molecule has 1 rings (SSSR count). The van der Waals surface area contributed by atoms with Gasteiger partial charge in [-0.1, -0.05) is 12.1 Å². The number of hydrogen-bond acceptors (Lipinski definition) is 3. The molecule has 0 spiro atoms. The van der Waals surface area contributed by atoms with E-state index in [1.54, 1.807) is 19.2 Å². The Balaban J connectivity index is 2.47. The number of methoxy groups -OCH3 is 1. The highest BCUT2D eigenvalue weighted by atomic mass is 19.1. The molecule has 1 aromatic rings. The van der Waals surface area contributed by atoms with Gasteiger partial charge in [0.15, 0.2) is 0 Å². The van der Waals surface area contributed by atoms with Crippen molar-refractivity contribution in [2.75, 3.05) is 20.3 Å². The molecule has 0 heterocycles. The van der Waals surface area contributed by atoms with E-state index in [1.807, 2.05) is 0 Å². The van der Waals surface area contributed by atoms with Gasteiger partial charge in [-0.05, 0) is 11.6 Å². The standard InChI is InChI=1S/C11H16FNO2/c1-14-4-5-15-8-10-3-2-9(7-13)6-11(10)12/h2-3,6H,4-5,7-8,13H2,1H3. The lowest BCUT2D eigenvalue weighted by molar-refractivity contribution is 0.0604. The minimum Gasteiger partial charge on any atom is -0.382 e. The Morgan fingerprint density at radius 1 is 1.33 bits per heavy atom. The molecule has 0 bridgehead atoms. The number of halogens is 1. The van der Waals surface area contributed by atoms with Crippen LogP contribution in [0.15, 0.2) is 18.2 Å². The van der Waals surface area contributed by atoms with Gasteiger partial charge in [-0.25, -0.2) is 4.39 Å². The van der Waals surface area contributed by atoms with Crippen molar-refractivity contribution in [1.82, 2.24) is 0 Å². The molecule has 4 heteroatoms. The predicted molar refractivity (Wildman–Crippen MR) is 55.8 cm³/mol. The molecular formula is C11H16FNO2. The first kappa shape index (κ1) is 12.1. The summed E-state index contributed by atoms with van der Waals surface area (Å²) in [6.45, 7) is 1.60. The first-order chi connectivity index (χ1) is 7.27. The quantitative estimate of drug-likeness (QED) is 0.727. The van der Waals surface area contributed by atoms with E-state index in [4.69, 9.17) is 15.2 Å². The molecule has 0 fully saturated rings. The van der Waals surface area contributed by atoms with Gasteiger partial charge < -0.3 is 15.2 Å². The minimum absolute atomic E-state index is 0.264. The summed E-state index contributed by atoms with van der Waals surface area (Å²) in [5.74, 6) is -0.268. The summed E-state index contributed by atoms with van der Waals surface area (Å²) in [6.07, 6.45) is 0. The van der Waals surface area contributed by atoms with Gasteiger partial charge in [-0.15, -0.1) is 0 Å². The molecule has 0 amide bonds. The highest BCUT2D eigenvalue weighted by Gasteiger charge is 2.02. The number of hydrogen-bond donors (Lipinski definition) is 1. The molecule has 15 heavy (non-hydrogen) atoms. The summed E-state index contributed by atoms with van der Waals surface area (Å²) >= 11 is 0. The smallest absolute Gasteiger partial charge is 0.129 e. The van der Waals surface area contributed by atoms with Crippen LogP contribution in [0.2, 0.25) is 0 Å². The van der Waals surface area contributed by atoms with Crippen molar-refractivity contribution in [3.8, 4) is 0 Å². The van der Waals surface area contributed by atoms with Gasteiger partial charge in [0.05, 0.1) is 19.8 Å². The van der Waals surface area contributed by atoms with Crippen molar-refractivity contribution in [3.63, 3.8) is 0 Å². The monoisotopic (exact) mass is 213 g/mol. The minimum atomic E-state index is -0.268. The van der Waals surface area contributed by atoms with E-state index in [0.717, 1.165) is 5.56 Å². The molecule has 0 saturated heterocycles. The Morgan fingerprint density at radius 3 is 2.73 bits per heavy atom. The Labute approximate surface area is 89.0 Å². The molecule has 3 nitrogen and oxygen atoms in total. The molecule has 0 aliphatic heterocycles. The van der Waals surface area contributed by atoms with Crippen LogP contribution in [-0.2, 0) is 22.6 Å². The number of ether oxygens (including phenoxy) is 2. The molecule has 0 aliphatic rings. The van der Waals surface area contributed by atoms with Gasteiger partial charge in [-0.3, -0.25) is 0 Å². The lowest BCUT2D eigenvalue weighted by Gasteiger charge is -2.06. The highest BCUT2D eigenvalue weighted by molar-refractivity contribution is 5.23. The number of nitrogens with two attached hydrogens (primary N) is 1. The lowest BCUT2D eigenvalue weighted by atomic mass is 10.1. The third-order valence-corrected chi connectivity index (χ3v) is 2.04. The molecule has 2 N–H and O–H groups in total. The average Bonchev–Trinajstić information content (AvgIpc) is 2.26. The molecule has 0 radical (unpaired) electrons. The van der Waals surface area contributed by atoms with Gasteiger partial charge in [0.1, 0.15) is 5.82 Å². The Kier molecular flexibility index (Phi) is 5.25. The summed E-state index contributed by atoms with van der Waals surface area (Å²) in [4.78, 5) is 0. The third kappa shape index (κ3) is 3.95. The molecule has 84 valence electrons. The van der Waals surface area contributed by atoms with Gasteiger partial charge >= 0.3 is 0 Å². The Hall–Kier alpha value is -0.970. The number of benzene rings is 1. The lowest BCUT2D eigenvalue weighted by Crippen LogP contribution is -2.04. The van der Waals surface area contributed by atoms with Crippen molar-refractivity contribution in [2.45, 2.75) is 13.2 Å². The summed E-state index contributed by atoms with van der Waals surface area (Å²) in [6, 6.07) is 4.94. The fourth-order valence-corrected chi connectivity index (χ4v) is 1.16. The van der Waals surface area contributed by atoms with Crippen LogP contribution in [0.4, 0.5) is 4.39 Å². The molecule has 0 aliphatic carbocycles. The zero-order valence-electron chi connectivity index (χ0n) is 8.83. The molecule has 0 unspecified atom stereocenters. The van der Waals surface area contributed by atoms with E-state index >= 15 is 0 Å². The summed E-state index contributed by atoms with van der Waals surface area (Å²) < 4.78 is 23.4. The Morgan fingerprint density at radius 2 is 2.13 bits per heavy atom. The molecule has 0 atom stereocenters. The largest absolute Gasteiger partial charge is 0.382 e. The zero-order valence-corrected chi connectivity index (χ0v) is 8.83. The second-order valence-corrected chi connectivity index (χ2v) is 3.18. The average molecular weight is 213 g/mol. The van der Waals surface area contributed by atoms with Crippen molar-refractivity contribution in [3.05, 3.63) is 35.1 Å². The van der Waals surface area contributed by atoms with E-state index < -0.39 is 0 Å². The van der Waals surface area contributed by atoms with Crippen molar-refractivity contribution in [2.24, 2.45) is 5.73 Å². The molecule has 1 aromatic carbocycles. The topological polar surface area (TPSA) is 44.5 Å². The fourth-order valence-electron chi connectivity index (χ4n) is 1.16. The summed E-state index contributed by atoms with van der Waals surface area (Å²) in [5, 5.41) is 0. The zero-order chi connectivity index (χ0) is 11.1. The summed E-state index contributed by atoms with van der Waals surface area (Å²) in [5.41, 5.74) is 6.72. The van der Waals surface area contributed by atoms with Crippen LogP contribution in [0.3, 0.4) is 0 Å². The van der Waals surface area contributed by atoms with Gasteiger partial charge in [-0.2, -0.15) is 0 Å². The van der Waals surface area contributed by atoms with Crippen molar-refractivity contribution in [1.29, 1.82) is 0 Å². The van der Waals surface area contributed by atoms with E-state index in [0.29, 0.717) is 25.3 Å². The maximum Gasteiger partial charge on any atom is 0.129 e. The number of rotatable bonds is 6. The van der Waals surface area contributed by atoms with Crippen LogP contribution in [0.5, 0.6) is 0 Å². The fraction of sp³-hybridized carbons (Fsp3) is 0.455. The van der Waals surface area contributed by atoms with Gasteiger partial charge in [0, 0.05) is 19.2 Å². The first-order valence-corrected chi connectivity index (χ1v) is 4.82. The SMILES string of the molecule is COCCOCc1ccc(CN)cc1F. The van der Waals surface area contributed by atoms with Crippen LogP contribution in [0, 0.1) is 5.82 Å². The normalized spacial score (nSPS) is 10.6. The second-order valence-electron chi connectivity index (χ2n) is 3.18. The van der Waals surface area contributed by atoms with E-state index in [9.17, 15) is 4.39 Å². The van der Waals surface area contributed by atoms with Crippen LogP contribution < -0.4 is 5.73 Å². The molecule has 0 aromatic heterocycles. The Bertz CT molecular complexity index is 305. The summed E-state index contributed by atoms with van der Waals surface area (Å²) in [7, 11) is 1.60. The molecule has 0 saturated carbocycles.